The second-order valence-corrected chi connectivity index (χ2v) is 7.78. The molecule has 1 saturated heterocycles. The Kier molecular flexibility index (Phi) is 4.11. The van der Waals surface area contributed by atoms with Crippen molar-refractivity contribution in [2.45, 2.75) is 55.9 Å². The molecule has 6 heteroatoms. The maximum absolute atomic E-state index is 12.6. The third-order valence-electron chi connectivity index (χ3n) is 3.58. The smallest absolute Gasteiger partial charge is 0.253 e. The zero-order valence-corrected chi connectivity index (χ0v) is 12.4. The summed E-state index contributed by atoms with van der Waals surface area (Å²) < 4.78 is 27.4. The van der Waals surface area contributed by atoms with Gasteiger partial charge >= 0.3 is 0 Å². The third-order valence-corrected chi connectivity index (χ3v) is 7.11. The number of rotatable bonds is 4. The first kappa shape index (κ1) is 14.0. The van der Waals surface area contributed by atoms with E-state index in [1.54, 1.807) is 10.4 Å². The zero-order chi connectivity index (χ0) is 13.3. The molecule has 1 aliphatic rings. The summed E-state index contributed by atoms with van der Waals surface area (Å²) in [7, 11) is -3.34. The molecule has 1 aliphatic heterocycles. The van der Waals surface area contributed by atoms with Crippen LogP contribution in [0.5, 0.6) is 0 Å². The fourth-order valence-corrected chi connectivity index (χ4v) is 5.84. The van der Waals surface area contributed by atoms with Crippen molar-refractivity contribution in [3.63, 3.8) is 0 Å². The molecule has 1 aromatic heterocycles. The van der Waals surface area contributed by atoms with Gasteiger partial charge in [0, 0.05) is 18.6 Å². The molecule has 0 saturated carbocycles. The molecule has 2 unspecified atom stereocenters. The van der Waals surface area contributed by atoms with Gasteiger partial charge in [-0.3, -0.25) is 0 Å². The van der Waals surface area contributed by atoms with Crippen LogP contribution >= 0.6 is 11.3 Å². The molecular weight excluding hydrogens is 268 g/mol. The van der Waals surface area contributed by atoms with Gasteiger partial charge in [-0.25, -0.2) is 8.42 Å². The molecule has 2 rings (SSSR count). The Morgan fingerprint density at radius 1 is 1.50 bits per heavy atom. The van der Waals surface area contributed by atoms with Gasteiger partial charge in [-0.2, -0.15) is 4.31 Å². The van der Waals surface area contributed by atoms with Crippen molar-refractivity contribution in [1.82, 2.24) is 4.31 Å². The van der Waals surface area contributed by atoms with Crippen molar-refractivity contribution < 1.29 is 8.42 Å². The maximum atomic E-state index is 12.6. The number of nitrogens with two attached hydrogens (primary N) is 1. The Balaban J connectivity index is 2.35. The highest BCUT2D eigenvalue weighted by atomic mass is 32.2. The number of thiophene rings is 1. The van der Waals surface area contributed by atoms with Crippen molar-refractivity contribution in [3.05, 3.63) is 17.0 Å². The lowest BCUT2D eigenvalue weighted by Gasteiger charge is -2.26. The molecule has 4 nitrogen and oxygen atoms in total. The van der Waals surface area contributed by atoms with Gasteiger partial charge in [0.15, 0.2) is 0 Å². The minimum Gasteiger partial charge on any atom is -0.326 e. The molecule has 2 heterocycles. The topological polar surface area (TPSA) is 63.4 Å². The van der Waals surface area contributed by atoms with Gasteiger partial charge in [-0.15, -0.1) is 11.3 Å². The summed E-state index contributed by atoms with van der Waals surface area (Å²) in [6, 6.07) is 1.95. The molecule has 2 N–H and O–H groups in total. The highest BCUT2D eigenvalue weighted by Gasteiger charge is 2.39. The quantitative estimate of drug-likeness (QED) is 0.923. The standard InChI is InChI=1S/C12H20N2O2S2/c1-3-11-5-4-9(2)14(11)18(15,16)12-6-10(7-13)8-17-12/h6,8-9,11H,3-5,7,13H2,1-2H3. The molecule has 0 aromatic carbocycles. The first-order chi connectivity index (χ1) is 8.50. The van der Waals surface area contributed by atoms with Crippen LogP contribution in [0.2, 0.25) is 0 Å². The van der Waals surface area contributed by atoms with E-state index >= 15 is 0 Å². The summed E-state index contributed by atoms with van der Waals surface area (Å²) in [6.07, 6.45) is 2.79. The second-order valence-electron chi connectivity index (χ2n) is 4.80. The molecule has 0 radical (unpaired) electrons. The second kappa shape index (κ2) is 5.28. The van der Waals surface area contributed by atoms with Crippen LogP contribution in [-0.2, 0) is 16.6 Å². The van der Waals surface area contributed by atoms with Gasteiger partial charge in [0.05, 0.1) is 0 Å². The van der Waals surface area contributed by atoms with Crippen LogP contribution < -0.4 is 5.73 Å². The van der Waals surface area contributed by atoms with Crippen molar-refractivity contribution in [3.8, 4) is 0 Å². The van der Waals surface area contributed by atoms with Gasteiger partial charge in [0.2, 0.25) is 0 Å². The minimum atomic E-state index is -3.34. The van der Waals surface area contributed by atoms with Crippen LogP contribution in [0.3, 0.4) is 0 Å². The fraction of sp³-hybridized carbons (Fsp3) is 0.667. The molecule has 0 spiro atoms. The lowest BCUT2D eigenvalue weighted by molar-refractivity contribution is 0.329. The van der Waals surface area contributed by atoms with E-state index in [0.717, 1.165) is 24.8 Å². The Bertz CT molecular complexity index is 510. The monoisotopic (exact) mass is 288 g/mol. The van der Waals surface area contributed by atoms with Crippen LogP contribution in [0.15, 0.2) is 15.7 Å². The molecule has 18 heavy (non-hydrogen) atoms. The maximum Gasteiger partial charge on any atom is 0.253 e. The number of hydrogen-bond donors (Lipinski definition) is 1. The van der Waals surface area contributed by atoms with Crippen LogP contribution in [0, 0.1) is 0 Å². The summed E-state index contributed by atoms with van der Waals surface area (Å²) in [4.78, 5) is 0. The van der Waals surface area contributed by atoms with Gasteiger partial charge in [0.1, 0.15) is 4.21 Å². The van der Waals surface area contributed by atoms with E-state index < -0.39 is 10.0 Å². The normalized spacial score (nSPS) is 25.7. The SMILES string of the molecule is CCC1CCC(C)N1S(=O)(=O)c1cc(CN)cs1. The highest BCUT2D eigenvalue weighted by Crippen LogP contribution is 2.34. The molecule has 2 atom stereocenters. The van der Waals surface area contributed by atoms with E-state index in [-0.39, 0.29) is 12.1 Å². The number of sulfonamides is 1. The van der Waals surface area contributed by atoms with Crippen molar-refractivity contribution in [2.75, 3.05) is 0 Å². The number of hydrogen-bond acceptors (Lipinski definition) is 4. The lowest BCUT2D eigenvalue weighted by Crippen LogP contribution is -2.39. The first-order valence-electron chi connectivity index (χ1n) is 6.31. The van der Waals surface area contributed by atoms with Crippen LogP contribution in [0.1, 0.15) is 38.7 Å². The fourth-order valence-electron chi connectivity index (χ4n) is 2.56. The van der Waals surface area contributed by atoms with Gasteiger partial charge < -0.3 is 5.73 Å². The van der Waals surface area contributed by atoms with Crippen molar-refractivity contribution >= 4 is 21.4 Å². The van der Waals surface area contributed by atoms with E-state index in [0.29, 0.717) is 10.8 Å². The number of nitrogens with zero attached hydrogens (tertiary/aromatic N) is 1. The lowest BCUT2D eigenvalue weighted by atomic mass is 10.2. The summed E-state index contributed by atoms with van der Waals surface area (Å²) in [6.45, 7) is 4.43. The van der Waals surface area contributed by atoms with Gasteiger partial charge in [-0.1, -0.05) is 6.92 Å². The van der Waals surface area contributed by atoms with E-state index in [1.807, 2.05) is 19.2 Å². The Labute approximate surface area is 113 Å². The molecule has 1 fully saturated rings. The van der Waals surface area contributed by atoms with Crippen LogP contribution in [-0.4, -0.2) is 24.8 Å². The van der Waals surface area contributed by atoms with E-state index in [4.69, 9.17) is 5.73 Å². The summed E-state index contributed by atoms with van der Waals surface area (Å²) in [5, 5.41) is 1.83. The van der Waals surface area contributed by atoms with Crippen LogP contribution in [0.4, 0.5) is 0 Å². The van der Waals surface area contributed by atoms with Crippen LogP contribution in [0.25, 0.3) is 0 Å². The minimum absolute atomic E-state index is 0.100. The zero-order valence-electron chi connectivity index (χ0n) is 10.8. The molecule has 0 bridgehead atoms. The summed E-state index contributed by atoms with van der Waals surface area (Å²) in [5.41, 5.74) is 6.43. The van der Waals surface area contributed by atoms with E-state index in [1.165, 1.54) is 11.3 Å². The van der Waals surface area contributed by atoms with E-state index in [9.17, 15) is 8.42 Å². The largest absolute Gasteiger partial charge is 0.326 e. The predicted molar refractivity (Wildman–Crippen MR) is 74.0 cm³/mol. The molecule has 1 aromatic rings. The average molecular weight is 288 g/mol. The Morgan fingerprint density at radius 2 is 2.22 bits per heavy atom. The van der Waals surface area contributed by atoms with Gasteiger partial charge in [-0.05, 0) is 43.2 Å². The van der Waals surface area contributed by atoms with Gasteiger partial charge in [0.25, 0.3) is 10.0 Å². The Morgan fingerprint density at radius 3 is 2.78 bits per heavy atom. The molecular formula is C12H20N2O2S2. The van der Waals surface area contributed by atoms with Crippen molar-refractivity contribution in [1.29, 1.82) is 0 Å². The average Bonchev–Trinajstić information content (AvgIpc) is 2.95. The molecule has 0 amide bonds. The summed E-state index contributed by atoms with van der Waals surface area (Å²) >= 11 is 1.27. The van der Waals surface area contributed by atoms with Crippen molar-refractivity contribution in [2.24, 2.45) is 5.73 Å². The predicted octanol–water partition coefficient (Wildman–Crippen LogP) is 2.16. The Hall–Kier alpha value is -0.430. The first-order valence-corrected chi connectivity index (χ1v) is 8.63. The van der Waals surface area contributed by atoms with E-state index in [2.05, 4.69) is 0 Å². The third kappa shape index (κ3) is 2.34. The highest BCUT2D eigenvalue weighted by molar-refractivity contribution is 7.91. The summed E-state index contributed by atoms with van der Waals surface area (Å²) in [5.74, 6) is 0. The molecule has 0 aliphatic carbocycles. The molecule has 102 valence electrons.